The number of nitriles is 1. The molecule has 0 saturated carbocycles. The average Bonchev–Trinajstić information content (AvgIpc) is 2.57. The van der Waals surface area contributed by atoms with E-state index in [9.17, 15) is 10.1 Å². The Balaban J connectivity index is 2.02. The summed E-state index contributed by atoms with van der Waals surface area (Å²) in [7, 11) is 0. The Kier molecular flexibility index (Phi) is 5.73. The van der Waals surface area contributed by atoms with Crippen LogP contribution in [0.4, 0.5) is 0 Å². The highest BCUT2D eigenvalue weighted by molar-refractivity contribution is 5.89. The summed E-state index contributed by atoms with van der Waals surface area (Å²) in [5, 5.41) is 9.38. The maximum Gasteiger partial charge on any atom is 0.338 e. The van der Waals surface area contributed by atoms with Crippen LogP contribution in [0.1, 0.15) is 40.7 Å². The zero-order valence-corrected chi connectivity index (χ0v) is 12.7. The van der Waals surface area contributed by atoms with Gasteiger partial charge in [-0.25, -0.2) is 4.79 Å². The number of hydrogen-bond donors (Lipinski definition) is 0. The Labute approximate surface area is 131 Å². The van der Waals surface area contributed by atoms with Gasteiger partial charge < -0.3 is 4.74 Å². The van der Waals surface area contributed by atoms with Gasteiger partial charge in [0.1, 0.15) is 0 Å². The van der Waals surface area contributed by atoms with E-state index in [4.69, 9.17) is 4.74 Å². The van der Waals surface area contributed by atoms with E-state index in [2.05, 4.69) is 18.2 Å². The predicted octanol–water partition coefficient (Wildman–Crippen LogP) is 4.10. The third-order valence-corrected chi connectivity index (χ3v) is 3.54. The predicted molar refractivity (Wildman–Crippen MR) is 85.5 cm³/mol. The summed E-state index contributed by atoms with van der Waals surface area (Å²) in [6.07, 6.45) is 1.62. The molecule has 2 aromatic carbocycles. The van der Waals surface area contributed by atoms with Crippen molar-refractivity contribution >= 4 is 5.97 Å². The van der Waals surface area contributed by atoms with Crippen molar-refractivity contribution in [3.05, 3.63) is 71.3 Å². The summed E-state index contributed by atoms with van der Waals surface area (Å²) >= 11 is 0. The van der Waals surface area contributed by atoms with E-state index in [1.807, 2.05) is 30.3 Å². The number of aryl methyl sites for hydroxylation is 1. The van der Waals surface area contributed by atoms with Gasteiger partial charge in [0, 0.05) is 0 Å². The highest BCUT2D eigenvalue weighted by Crippen LogP contribution is 2.22. The van der Waals surface area contributed by atoms with Gasteiger partial charge in [-0.05, 0) is 43.0 Å². The lowest BCUT2D eigenvalue weighted by Crippen LogP contribution is -2.05. The van der Waals surface area contributed by atoms with E-state index in [1.165, 1.54) is 5.56 Å². The first kappa shape index (κ1) is 15.8. The summed E-state index contributed by atoms with van der Waals surface area (Å²) in [6, 6.07) is 19.6. The molecule has 1 atom stereocenters. The molecule has 0 radical (unpaired) electrons. The van der Waals surface area contributed by atoms with Crippen molar-refractivity contribution in [1.29, 1.82) is 5.26 Å². The van der Waals surface area contributed by atoms with Gasteiger partial charge in [0.15, 0.2) is 0 Å². The Hall–Kier alpha value is -2.60. The molecular formula is C19H19NO2. The normalized spacial score (nSPS) is 11.5. The highest BCUT2D eigenvalue weighted by Gasteiger charge is 2.12. The van der Waals surface area contributed by atoms with Crippen LogP contribution < -0.4 is 0 Å². The van der Waals surface area contributed by atoms with Crippen LogP contribution in [0.5, 0.6) is 0 Å². The van der Waals surface area contributed by atoms with Crippen molar-refractivity contribution in [3.63, 3.8) is 0 Å². The Morgan fingerprint density at radius 3 is 2.41 bits per heavy atom. The fraction of sp³-hybridized carbons (Fsp3) is 0.263. The minimum absolute atomic E-state index is 0.170. The molecule has 3 heteroatoms. The van der Waals surface area contributed by atoms with Crippen LogP contribution in [0.3, 0.4) is 0 Å². The average molecular weight is 293 g/mol. The van der Waals surface area contributed by atoms with Gasteiger partial charge in [0.05, 0.1) is 24.2 Å². The summed E-state index contributed by atoms with van der Waals surface area (Å²) in [4.78, 5) is 11.6. The first-order chi connectivity index (χ1) is 10.7. The quantitative estimate of drug-likeness (QED) is 0.753. The molecule has 112 valence electrons. The monoisotopic (exact) mass is 293 g/mol. The summed E-state index contributed by atoms with van der Waals surface area (Å²) in [6.45, 7) is 2.14. The van der Waals surface area contributed by atoms with Crippen LogP contribution in [-0.2, 0) is 11.2 Å². The molecule has 0 fully saturated rings. The van der Waals surface area contributed by atoms with E-state index in [0.717, 1.165) is 18.4 Å². The summed E-state index contributed by atoms with van der Waals surface area (Å²) in [5.74, 6) is -0.497. The second-order valence-electron chi connectivity index (χ2n) is 5.05. The molecule has 0 saturated heterocycles. The molecule has 3 nitrogen and oxygen atoms in total. The second kappa shape index (κ2) is 7.99. The van der Waals surface area contributed by atoms with Crippen molar-refractivity contribution in [1.82, 2.24) is 0 Å². The maximum atomic E-state index is 11.6. The maximum absolute atomic E-state index is 11.6. The van der Waals surface area contributed by atoms with E-state index < -0.39 is 0 Å². The zero-order chi connectivity index (χ0) is 15.8. The lowest BCUT2D eigenvalue weighted by atomic mass is 9.93. The molecule has 2 rings (SSSR count). The molecule has 2 aromatic rings. The molecule has 22 heavy (non-hydrogen) atoms. The van der Waals surface area contributed by atoms with Crippen LogP contribution in [0.25, 0.3) is 0 Å². The molecule has 0 amide bonds. The van der Waals surface area contributed by atoms with E-state index in [1.54, 1.807) is 19.1 Å². The van der Waals surface area contributed by atoms with Crippen molar-refractivity contribution in [3.8, 4) is 6.07 Å². The molecule has 1 unspecified atom stereocenters. The molecule has 0 aromatic heterocycles. The third-order valence-electron chi connectivity index (χ3n) is 3.54. The number of benzene rings is 2. The van der Waals surface area contributed by atoms with Crippen LogP contribution >= 0.6 is 0 Å². The van der Waals surface area contributed by atoms with Gasteiger partial charge in [-0.3, -0.25) is 0 Å². The molecule has 0 aliphatic heterocycles. The lowest BCUT2D eigenvalue weighted by molar-refractivity contribution is 0.0526. The molecule has 0 spiro atoms. The zero-order valence-electron chi connectivity index (χ0n) is 12.7. The third kappa shape index (κ3) is 4.20. The topological polar surface area (TPSA) is 50.1 Å². The standard InChI is InChI=1S/C19H19NO2/c1-2-22-19(21)17-12-10-16(11-13-17)18(14-20)9-8-15-6-4-3-5-7-15/h3-7,10-13,18H,2,8-9H2,1H3. The number of carbonyl (C=O) groups is 1. The second-order valence-corrected chi connectivity index (χ2v) is 5.05. The smallest absolute Gasteiger partial charge is 0.338 e. The molecule has 0 N–H and O–H groups in total. The Morgan fingerprint density at radius 1 is 1.14 bits per heavy atom. The number of hydrogen-bond acceptors (Lipinski definition) is 3. The lowest BCUT2D eigenvalue weighted by Gasteiger charge is -2.10. The number of ether oxygens (including phenoxy) is 1. The van der Waals surface area contributed by atoms with Crippen LogP contribution in [-0.4, -0.2) is 12.6 Å². The first-order valence-electron chi connectivity index (χ1n) is 7.45. The highest BCUT2D eigenvalue weighted by atomic mass is 16.5. The largest absolute Gasteiger partial charge is 0.462 e. The summed E-state index contributed by atoms with van der Waals surface area (Å²) in [5.41, 5.74) is 2.68. The molecule has 0 aliphatic rings. The van der Waals surface area contributed by atoms with Gasteiger partial charge in [0.2, 0.25) is 0 Å². The van der Waals surface area contributed by atoms with E-state index >= 15 is 0 Å². The van der Waals surface area contributed by atoms with Crippen LogP contribution in [0, 0.1) is 11.3 Å². The van der Waals surface area contributed by atoms with E-state index in [0.29, 0.717) is 12.2 Å². The molecule has 0 bridgehead atoms. The van der Waals surface area contributed by atoms with Gasteiger partial charge in [0.25, 0.3) is 0 Å². The van der Waals surface area contributed by atoms with Crippen molar-refractivity contribution < 1.29 is 9.53 Å². The van der Waals surface area contributed by atoms with Gasteiger partial charge in [-0.1, -0.05) is 42.5 Å². The fourth-order valence-electron chi connectivity index (χ4n) is 2.33. The molecular weight excluding hydrogens is 274 g/mol. The van der Waals surface area contributed by atoms with Gasteiger partial charge in [-0.2, -0.15) is 5.26 Å². The van der Waals surface area contributed by atoms with Crippen LogP contribution in [0.2, 0.25) is 0 Å². The van der Waals surface area contributed by atoms with Crippen molar-refractivity contribution in [2.24, 2.45) is 0 Å². The molecule has 0 heterocycles. The number of esters is 1. The minimum Gasteiger partial charge on any atom is -0.462 e. The Morgan fingerprint density at radius 2 is 1.82 bits per heavy atom. The minimum atomic E-state index is -0.327. The first-order valence-corrected chi connectivity index (χ1v) is 7.45. The fourth-order valence-corrected chi connectivity index (χ4v) is 2.33. The van der Waals surface area contributed by atoms with Crippen LogP contribution in [0.15, 0.2) is 54.6 Å². The summed E-state index contributed by atoms with van der Waals surface area (Å²) < 4.78 is 4.96. The number of nitrogens with zero attached hydrogens (tertiary/aromatic N) is 1. The molecule has 0 aliphatic carbocycles. The van der Waals surface area contributed by atoms with Crippen molar-refractivity contribution in [2.45, 2.75) is 25.7 Å². The Bertz CT molecular complexity index is 641. The number of carbonyl (C=O) groups excluding carboxylic acids is 1. The van der Waals surface area contributed by atoms with Gasteiger partial charge >= 0.3 is 5.97 Å². The number of rotatable bonds is 6. The SMILES string of the molecule is CCOC(=O)c1ccc(C(C#N)CCc2ccccc2)cc1. The van der Waals surface area contributed by atoms with Gasteiger partial charge in [-0.15, -0.1) is 0 Å². The van der Waals surface area contributed by atoms with Crippen molar-refractivity contribution in [2.75, 3.05) is 6.61 Å². The van der Waals surface area contributed by atoms with E-state index in [-0.39, 0.29) is 11.9 Å².